The van der Waals surface area contributed by atoms with Crippen molar-refractivity contribution in [3.05, 3.63) is 23.5 Å². The van der Waals surface area contributed by atoms with Crippen molar-refractivity contribution in [2.75, 3.05) is 7.11 Å². The lowest BCUT2D eigenvalue weighted by atomic mass is 10.2. The number of carbonyl (C=O) groups excluding carboxylic acids is 1. The van der Waals surface area contributed by atoms with Crippen LogP contribution in [-0.4, -0.2) is 18.0 Å². The second-order valence-corrected chi connectivity index (χ2v) is 3.31. The van der Waals surface area contributed by atoms with Crippen LogP contribution in [0.3, 0.4) is 0 Å². The minimum absolute atomic E-state index is 0.246. The van der Waals surface area contributed by atoms with Gasteiger partial charge in [-0.3, -0.25) is 4.79 Å². The van der Waals surface area contributed by atoms with Crippen molar-refractivity contribution in [2.24, 2.45) is 5.73 Å². The number of hydrogen-bond acceptors (Lipinski definition) is 3. The summed E-state index contributed by atoms with van der Waals surface area (Å²) in [4.78, 5) is 14.9. The van der Waals surface area contributed by atoms with Gasteiger partial charge in [0.1, 0.15) is 11.4 Å². The van der Waals surface area contributed by atoms with E-state index in [1.165, 1.54) is 12.5 Å². The molecule has 0 fully saturated rings. The average molecular weight is 224 g/mol. The van der Waals surface area contributed by atoms with Crippen LogP contribution >= 0.6 is 0 Å². The highest BCUT2D eigenvalue weighted by atomic mass is 16.5. The molecule has 1 amide bonds. The standard InChI is InChI=1S/C9H12N2O2.C3H8/c1-3-6-4-7(13-2)5-8(11-6)9(10)12;1-3-2/h4-5H,3H2,1-2H3,(H2,10,12);3H2,1-2H3. The molecule has 0 spiro atoms. The molecule has 16 heavy (non-hydrogen) atoms. The Morgan fingerprint density at radius 2 is 1.94 bits per heavy atom. The largest absolute Gasteiger partial charge is 0.497 e. The van der Waals surface area contributed by atoms with Gasteiger partial charge in [0.15, 0.2) is 0 Å². The summed E-state index contributed by atoms with van der Waals surface area (Å²) in [6, 6.07) is 3.31. The third-order valence-electron chi connectivity index (χ3n) is 1.70. The Bertz CT molecular complexity index is 316. The molecule has 1 heterocycles. The van der Waals surface area contributed by atoms with Crippen molar-refractivity contribution in [1.82, 2.24) is 4.98 Å². The molecule has 1 aromatic rings. The first-order valence-electron chi connectivity index (χ1n) is 5.43. The maximum atomic E-state index is 10.8. The van der Waals surface area contributed by atoms with E-state index in [9.17, 15) is 4.79 Å². The van der Waals surface area contributed by atoms with Crippen LogP contribution in [0.15, 0.2) is 12.1 Å². The minimum atomic E-state index is -0.534. The predicted molar refractivity (Wildman–Crippen MR) is 64.6 cm³/mol. The van der Waals surface area contributed by atoms with Gasteiger partial charge in [-0.25, -0.2) is 4.98 Å². The van der Waals surface area contributed by atoms with Crippen LogP contribution in [0.1, 0.15) is 43.4 Å². The van der Waals surface area contributed by atoms with E-state index in [0.29, 0.717) is 5.75 Å². The van der Waals surface area contributed by atoms with E-state index < -0.39 is 5.91 Å². The quantitative estimate of drug-likeness (QED) is 0.855. The monoisotopic (exact) mass is 224 g/mol. The molecule has 4 nitrogen and oxygen atoms in total. The zero-order valence-corrected chi connectivity index (χ0v) is 10.4. The van der Waals surface area contributed by atoms with Crippen molar-refractivity contribution in [3.63, 3.8) is 0 Å². The van der Waals surface area contributed by atoms with Gasteiger partial charge in [-0.1, -0.05) is 27.2 Å². The molecule has 90 valence electrons. The second-order valence-electron chi connectivity index (χ2n) is 3.31. The van der Waals surface area contributed by atoms with Gasteiger partial charge in [0, 0.05) is 17.8 Å². The minimum Gasteiger partial charge on any atom is -0.497 e. The Hall–Kier alpha value is -1.58. The fourth-order valence-electron chi connectivity index (χ4n) is 0.985. The predicted octanol–water partition coefficient (Wildman–Crippen LogP) is 2.17. The number of hydrogen-bond donors (Lipinski definition) is 1. The van der Waals surface area contributed by atoms with Crippen LogP contribution in [-0.2, 0) is 6.42 Å². The highest BCUT2D eigenvalue weighted by molar-refractivity contribution is 5.91. The molecule has 0 aliphatic carbocycles. The number of aryl methyl sites for hydroxylation is 1. The van der Waals surface area contributed by atoms with Crippen molar-refractivity contribution >= 4 is 5.91 Å². The molecule has 0 saturated heterocycles. The molecular formula is C12H20N2O2. The van der Waals surface area contributed by atoms with Gasteiger partial charge < -0.3 is 10.5 Å². The molecular weight excluding hydrogens is 204 g/mol. The Kier molecular flexibility index (Phi) is 6.92. The fourth-order valence-corrected chi connectivity index (χ4v) is 0.985. The highest BCUT2D eigenvalue weighted by Crippen LogP contribution is 2.13. The van der Waals surface area contributed by atoms with Gasteiger partial charge in [-0.15, -0.1) is 0 Å². The number of ether oxygens (including phenoxy) is 1. The number of methoxy groups -OCH3 is 1. The molecule has 2 N–H and O–H groups in total. The second kappa shape index (κ2) is 7.68. The first-order chi connectivity index (χ1) is 7.58. The lowest BCUT2D eigenvalue weighted by Gasteiger charge is -2.04. The third kappa shape index (κ3) is 4.77. The van der Waals surface area contributed by atoms with Gasteiger partial charge in [0.25, 0.3) is 5.91 Å². The number of rotatable bonds is 3. The highest BCUT2D eigenvalue weighted by Gasteiger charge is 2.06. The maximum Gasteiger partial charge on any atom is 0.267 e. The SMILES string of the molecule is CCC.CCc1cc(OC)cc(C(N)=O)n1. The van der Waals surface area contributed by atoms with Crippen LogP contribution in [0.2, 0.25) is 0 Å². The van der Waals surface area contributed by atoms with Crippen LogP contribution in [0.5, 0.6) is 5.75 Å². The molecule has 0 aromatic carbocycles. The molecule has 0 aliphatic heterocycles. The molecule has 4 heteroatoms. The smallest absolute Gasteiger partial charge is 0.267 e. The van der Waals surface area contributed by atoms with E-state index in [2.05, 4.69) is 18.8 Å². The Balaban J connectivity index is 0.000000673. The molecule has 0 unspecified atom stereocenters. The molecule has 0 aliphatic rings. The van der Waals surface area contributed by atoms with Crippen molar-refractivity contribution in [2.45, 2.75) is 33.6 Å². The number of amides is 1. The summed E-state index contributed by atoms with van der Waals surface area (Å²) in [7, 11) is 1.54. The van der Waals surface area contributed by atoms with Gasteiger partial charge in [-0.05, 0) is 6.42 Å². The van der Waals surface area contributed by atoms with Crippen LogP contribution in [0, 0.1) is 0 Å². The van der Waals surface area contributed by atoms with E-state index in [-0.39, 0.29) is 5.69 Å². The number of carbonyl (C=O) groups is 1. The first-order valence-corrected chi connectivity index (χ1v) is 5.43. The number of primary amides is 1. The summed E-state index contributed by atoms with van der Waals surface area (Å²) in [5, 5.41) is 0. The van der Waals surface area contributed by atoms with Crippen molar-refractivity contribution in [3.8, 4) is 5.75 Å². The van der Waals surface area contributed by atoms with Crippen molar-refractivity contribution < 1.29 is 9.53 Å². The molecule has 0 atom stereocenters. The zero-order chi connectivity index (χ0) is 12.6. The number of aromatic nitrogens is 1. The Morgan fingerprint density at radius 1 is 1.38 bits per heavy atom. The summed E-state index contributed by atoms with van der Waals surface area (Å²) in [6.07, 6.45) is 2.00. The van der Waals surface area contributed by atoms with Crippen LogP contribution in [0.4, 0.5) is 0 Å². The number of pyridine rings is 1. The topological polar surface area (TPSA) is 65.2 Å². The molecule has 0 radical (unpaired) electrons. The van der Waals surface area contributed by atoms with Crippen LogP contribution in [0.25, 0.3) is 0 Å². The molecule has 0 saturated carbocycles. The fraction of sp³-hybridized carbons (Fsp3) is 0.500. The normalized spacial score (nSPS) is 9.00. The van der Waals surface area contributed by atoms with Gasteiger partial charge in [-0.2, -0.15) is 0 Å². The van der Waals surface area contributed by atoms with Gasteiger partial charge in [0.2, 0.25) is 0 Å². The summed E-state index contributed by atoms with van der Waals surface area (Å²) < 4.78 is 5.00. The van der Waals surface area contributed by atoms with Crippen molar-refractivity contribution in [1.29, 1.82) is 0 Å². The van der Waals surface area contributed by atoms with E-state index in [1.807, 2.05) is 6.92 Å². The van der Waals surface area contributed by atoms with Gasteiger partial charge >= 0.3 is 0 Å². The Morgan fingerprint density at radius 3 is 2.31 bits per heavy atom. The lowest BCUT2D eigenvalue weighted by Crippen LogP contribution is -2.14. The third-order valence-corrected chi connectivity index (χ3v) is 1.70. The lowest BCUT2D eigenvalue weighted by molar-refractivity contribution is 0.0995. The molecule has 1 rings (SSSR count). The average Bonchev–Trinajstić information content (AvgIpc) is 2.29. The first kappa shape index (κ1) is 14.4. The summed E-state index contributed by atoms with van der Waals surface area (Å²) in [5.41, 5.74) is 6.15. The van der Waals surface area contributed by atoms with Crippen LogP contribution < -0.4 is 10.5 Å². The Labute approximate surface area is 96.8 Å². The molecule has 1 aromatic heterocycles. The number of nitrogens with two attached hydrogens (primary N) is 1. The maximum absolute atomic E-state index is 10.8. The van der Waals surface area contributed by atoms with Gasteiger partial charge in [0.05, 0.1) is 7.11 Å². The van der Waals surface area contributed by atoms with E-state index in [1.54, 1.807) is 13.2 Å². The molecule has 0 bridgehead atoms. The summed E-state index contributed by atoms with van der Waals surface area (Å²) in [6.45, 7) is 6.20. The number of nitrogens with zero attached hydrogens (tertiary/aromatic N) is 1. The zero-order valence-electron chi connectivity index (χ0n) is 10.4. The van der Waals surface area contributed by atoms with E-state index in [0.717, 1.165) is 12.1 Å². The van der Waals surface area contributed by atoms with E-state index in [4.69, 9.17) is 10.5 Å². The van der Waals surface area contributed by atoms with E-state index >= 15 is 0 Å². The summed E-state index contributed by atoms with van der Waals surface area (Å²) >= 11 is 0. The summed E-state index contributed by atoms with van der Waals surface area (Å²) in [5.74, 6) is 0.0780.